The number of H-pyrrole nitrogens is 1. The lowest BCUT2D eigenvalue weighted by molar-refractivity contribution is -0.203. The van der Waals surface area contributed by atoms with Crippen LogP contribution in [0.2, 0.25) is 0 Å². The Morgan fingerprint density at radius 1 is 1.30 bits per heavy atom. The maximum atomic E-state index is 15.9. The van der Waals surface area contributed by atoms with E-state index in [0.717, 1.165) is 23.8 Å². The number of rotatable bonds is 10. The Morgan fingerprint density at radius 3 is 2.54 bits per heavy atom. The van der Waals surface area contributed by atoms with Crippen molar-refractivity contribution in [1.29, 1.82) is 0 Å². The van der Waals surface area contributed by atoms with Gasteiger partial charge < -0.3 is 28.7 Å². The minimum absolute atomic E-state index is 0.258. The highest BCUT2D eigenvalue weighted by atomic mass is 32.5. The first-order valence-electron chi connectivity index (χ1n) is 11.2. The molecule has 3 rings (SSSR count). The van der Waals surface area contributed by atoms with Crippen LogP contribution in [0.15, 0.2) is 52.2 Å². The Balaban J connectivity index is 1.86. The lowest BCUT2D eigenvalue weighted by Crippen LogP contribution is -2.50. The molecule has 1 aliphatic heterocycles. The summed E-state index contributed by atoms with van der Waals surface area (Å²) in [5.74, 6) is -3.47. The molecule has 2 heterocycles. The van der Waals surface area contributed by atoms with Crippen LogP contribution in [-0.2, 0) is 30.6 Å². The summed E-state index contributed by atoms with van der Waals surface area (Å²) in [6.45, 7) is 1.08. The number of aromatic nitrogens is 2. The molecule has 4 N–H and O–H groups in total. The minimum atomic E-state index is -3.71. The van der Waals surface area contributed by atoms with Crippen LogP contribution in [0.3, 0.4) is 0 Å². The number of aromatic amines is 1. The second-order valence-electron chi connectivity index (χ2n) is 8.91. The molecule has 1 aromatic heterocycles. The molecule has 0 saturated carbocycles. The highest BCUT2D eigenvalue weighted by molar-refractivity contribution is 8.09. The molecule has 0 radical (unpaired) electrons. The highest BCUT2D eigenvalue weighted by Gasteiger charge is 2.63. The van der Waals surface area contributed by atoms with Crippen molar-refractivity contribution in [3.05, 3.63) is 63.4 Å². The molecule has 1 aromatic carbocycles. The summed E-state index contributed by atoms with van der Waals surface area (Å²) in [7, 11) is 0. The van der Waals surface area contributed by atoms with E-state index >= 15 is 4.39 Å². The molecular formula is C22H29FN3O9PS. The number of hydrogen-bond acceptors (Lipinski definition) is 10. The Labute approximate surface area is 216 Å². The van der Waals surface area contributed by atoms with Crippen molar-refractivity contribution in [2.45, 2.75) is 63.6 Å². The number of carbonyl (C=O) groups is 1. The molecule has 1 fully saturated rings. The van der Waals surface area contributed by atoms with Crippen LogP contribution in [0.25, 0.3) is 0 Å². The maximum Gasteiger partial charge on any atom is 0.330 e. The summed E-state index contributed by atoms with van der Waals surface area (Å²) in [6.07, 6.45) is -3.36. The van der Waals surface area contributed by atoms with Crippen LogP contribution in [0.4, 0.5) is 4.39 Å². The van der Waals surface area contributed by atoms with E-state index in [0.29, 0.717) is 0 Å². The van der Waals surface area contributed by atoms with Crippen molar-refractivity contribution < 1.29 is 37.9 Å². The molecular weight excluding hydrogens is 532 g/mol. The summed E-state index contributed by atoms with van der Waals surface area (Å²) in [4.78, 5) is 37.9. The van der Waals surface area contributed by atoms with Crippen molar-refractivity contribution in [3.8, 4) is 5.75 Å². The minimum Gasteiger partial charge on any atom is -0.462 e. The number of carbonyl (C=O) groups excluding carboxylic acids is 1. The van der Waals surface area contributed by atoms with Crippen LogP contribution in [0.5, 0.6) is 5.75 Å². The van der Waals surface area contributed by atoms with Crippen LogP contribution >= 0.6 is 6.64 Å². The van der Waals surface area contributed by atoms with Crippen LogP contribution in [-0.4, -0.2) is 62.0 Å². The lowest BCUT2D eigenvalue weighted by Gasteiger charge is -2.30. The number of para-hydroxylation sites is 1. The zero-order chi connectivity index (χ0) is 27.6. The predicted molar refractivity (Wildman–Crippen MR) is 133 cm³/mol. The van der Waals surface area contributed by atoms with E-state index in [1.54, 1.807) is 44.2 Å². The van der Waals surface area contributed by atoms with Gasteiger partial charge in [0, 0.05) is 12.3 Å². The third-order valence-electron chi connectivity index (χ3n) is 5.33. The van der Waals surface area contributed by atoms with Crippen molar-refractivity contribution >= 4 is 24.4 Å². The van der Waals surface area contributed by atoms with Crippen LogP contribution in [0, 0.1) is 0 Å². The van der Waals surface area contributed by atoms with Gasteiger partial charge in [0.25, 0.3) is 11.4 Å². The smallest absolute Gasteiger partial charge is 0.330 e. The molecule has 204 valence electrons. The number of ether oxygens (including phenoxy) is 2. The fourth-order valence-electron chi connectivity index (χ4n) is 3.51. The van der Waals surface area contributed by atoms with Gasteiger partial charge in [0.1, 0.15) is 30.1 Å². The molecule has 15 heteroatoms. The van der Waals surface area contributed by atoms with Gasteiger partial charge in [-0.25, -0.2) is 14.3 Å². The Morgan fingerprint density at radius 2 is 1.95 bits per heavy atom. The summed E-state index contributed by atoms with van der Waals surface area (Å²) in [5, 5.41) is 24.2. The molecule has 1 saturated heterocycles. The Bertz CT molecular complexity index is 1270. The Kier molecular flexibility index (Phi) is 8.75. The monoisotopic (exact) mass is 561 g/mol. The van der Waals surface area contributed by atoms with E-state index in [9.17, 15) is 24.6 Å². The first-order chi connectivity index (χ1) is 17.2. The van der Waals surface area contributed by atoms with Gasteiger partial charge in [0.05, 0.1) is 6.10 Å². The molecule has 1 unspecified atom stereocenters. The van der Waals surface area contributed by atoms with Crippen molar-refractivity contribution in [2.24, 2.45) is 0 Å². The molecule has 0 bridgehead atoms. The summed E-state index contributed by atoms with van der Waals surface area (Å²) < 4.78 is 38.5. The molecule has 6 atom stereocenters. The standard InChI is InChI=1S/C22H29FN3O9PS/c1-13(2)33-17(28)14(3)25-36(37,35-15-8-6-5-7-9-15)32-12-22(23)18(29)21(4,31)19(34-22)26-11-10-16(27)24-20(26)30/h5-11,13-14,18-19,29,31H,12H2,1-4H3,(H,25,37)(H,24,27,30)/t14-,18-,19+,21+,22+,36?/m0/s1. The van der Waals surface area contributed by atoms with Crippen molar-refractivity contribution in [2.75, 3.05) is 6.61 Å². The fourth-order valence-corrected chi connectivity index (χ4v) is 5.91. The number of hydrogen-bond donors (Lipinski definition) is 4. The number of nitrogens with zero attached hydrogens (tertiary/aromatic N) is 1. The Hall–Kier alpha value is -2.45. The third-order valence-corrected chi connectivity index (χ3v) is 7.81. The first kappa shape index (κ1) is 29.1. The number of alkyl halides is 1. The topological polar surface area (TPSA) is 161 Å². The molecule has 0 spiro atoms. The average Bonchev–Trinajstić information content (AvgIpc) is 2.98. The summed E-state index contributed by atoms with van der Waals surface area (Å²) in [6, 6.07) is 8.14. The second kappa shape index (κ2) is 11.1. The number of halogens is 1. The quantitative estimate of drug-likeness (QED) is 0.243. The predicted octanol–water partition coefficient (Wildman–Crippen LogP) is 1.09. The molecule has 37 heavy (non-hydrogen) atoms. The second-order valence-corrected chi connectivity index (χ2v) is 12.0. The average molecular weight is 562 g/mol. The molecule has 1 aliphatic rings. The highest BCUT2D eigenvalue weighted by Crippen LogP contribution is 2.50. The van der Waals surface area contributed by atoms with Gasteiger partial charge in [-0.05, 0) is 51.6 Å². The SMILES string of the molecule is CC(C)OC(=O)[C@H](C)NP(=S)(OC[C@@]1(F)O[C@@H](n2ccc(=O)[nH]c2=O)[C@](C)(O)[C@@H]1O)Oc1ccccc1. The summed E-state index contributed by atoms with van der Waals surface area (Å²) >= 11 is 5.52. The maximum absolute atomic E-state index is 15.9. The van der Waals surface area contributed by atoms with E-state index in [4.69, 9.17) is 30.3 Å². The zero-order valence-corrected chi connectivity index (χ0v) is 22.2. The van der Waals surface area contributed by atoms with Gasteiger partial charge in [-0.1, -0.05) is 18.2 Å². The van der Waals surface area contributed by atoms with Gasteiger partial charge in [-0.2, -0.15) is 0 Å². The van der Waals surface area contributed by atoms with Gasteiger partial charge in [-0.15, -0.1) is 0 Å². The zero-order valence-electron chi connectivity index (χ0n) is 20.5. The van der Waals surface area contributed by atoms with E-state index in [-0.39, 0.29) is 5.75 Å². The fraction of sp³-hybridized carbons (Fsp3) is 0.500. The summed E-state index contributed by atoms with van der Waals surface area (Å²) in [5.41, 5.74) is -4.04. The normalized spacial score (nSPS) is 28.0. The van der Waals surface area contributed by atoms with E-state index in [2.05, 4.69) is 5.09 Å². The molecule has 0 aliphatic carbocycles. The number of benzene rings is 1. The number of esters is 1. The third kappa shape index (κ3) is 6.71. The first-order valence-corrected chi connectivity index (χ1v) is 13.9. The molecule has 2 aromatic rings. The van der Waals surface area contributed by atoms with E-state index < -0.39 is 66.4 Å². The number of nitrogens with one attached hydrogen (secondary N) is 2. The number of aliphatic hydroxyl groups excluding tert-OH is 1. The van der Waals surface area contributed by atoms with Gasteiger partial charge in [0.15, 0.2) is 6.23 Å². The van der Waals surface area contributed by atoms with Gasteiger partial charge in [0.2, 0.25) is 0 Å². The lowest BCUT2D eigenvalue weighted by atomic mass is 9.95. The van der Waals surface area contributed by atoms with Crippen molar-refractivity contribution in [3.63, 3.8) is 0 Å². The van der Waals surface area contributed by atoms with Gasteiger partial charge >= 0.3 is 18.3 Å². The van der Waals surface area contributed by atoms with E-state index in [1.165, 1.54) is 6.92 Å². The van der Waals surface area contributed by atoms with Gasteiger partial charge in [-0.3, -0.25) is 19.1 Å². The molecule has 12 nitrogen and oxygen atoms in total. The van der Waals surface area contributed by atoms with Crippen LogP contribution in [0.1, 0.15) is 33.9 Å². The largest absolute Gasteiger partial charge is 0.462 e. The van der Waals surface area contributed by atoms with E-state index in [1.807, 2.05) is 4.98 Å². The van der Waals surface area contributed by atoms with Crippen molar-refractivity contribution in [1.82, 2.24) is 14.6 Å². The van der Waals surface area contributed by atoms with Crippen LogP contribution < -0.4 is 20.9 Å². The number of aliphatic hydroxyl groups is 2. The molecule has 0 amide bonds.